The van der Waals surface area contributed by atoms with Crippen LogP contribution in [0.4, 0.5) is 5.69 Å². The van der Waals surface area contributed by atoms with Crippen LogP contribution in [0.15, 0.2) is 51.7 Å². The molecule has 4 nitrogen and oxygen atoms in total. The van der Waals surface area contributed by atoms with Gasteiger partial charge in [-0.25, -0.2) is 4.79 Å². The molecule has 23 heavy (non-hydrogen) atoms. The molecule has 0 aliphatic rings. The molecule has 0 unspecified atom stereocenters. The number of amides is 1. The van der Waals surface area contributed by atoms with Crippen molar-refractivity contribution in [1.82, 2.24) is 0 Å². The molecular weight excluding hydrogens is 361 g/mol. The predicted molar refractivity (Wildman–Crippen MR) is 91.9 cm³/mol. The van der Waals surface area contributed by atoms with Crippen molar-refractivity contribution in [3.63, 3.8) is 0 Å². The molecule has 1 N–H and O–H groups in total. The molecule has 116 valence electrons. The summed E-state index contributed by atoms with van der Waals surface area (Å²) in [5.41, 5.74) is -0.108. The van der Waals surface area contributed by atoms with Gasteiger partial charge in [-0.2, -0.15) is 0 Å². The van der Waals surface area contributed by atoms with Crippen LogP contribution in [-0.2, 0) is 0 Å². The first-order valence-electron chi connectivity index (χ1n) is 6.44. The fourth-order valence-corrected chi connectivity index (χ4v) is 2.50. The van der Waals surface area contributed by atoms with Crippen LogP contribution >= 0.6 is 34.8 Å². The number of nitrogens with one attached hydrogen (secondary N) is 1. The number of hydrogen-bond donors (Lipinski definition) is 1. The monoisotopic (exact) mass is 367 g/mol. The minimum atomic E-state index is -0.739. The van der Waals surface area contributed by atoms with Gasteiger partial charge in [0.25, 0.3) is 5.91 Å². The molecule has 0 bridgehead atoms. The molecule has 0 spiro atoms. The minimum absolute atomic E-state index is 0.133. The number of carbonyl (C=O) groups excluding carboxylic acids is 1. The second kappa shape index (κ2) is 6.24. The molecule has 0 aliphatic carbocycles. The molecule has 0 fully saturated rings. The Balaban J connectivity index is 1.98. The molecule has 3 aromatic rings. The Morgan fingerprint density at radius 1 is 0.957 bits per heavy atom. The number of carbonyl (C=O) groups is 1. The van der Waals surface area contributed by atoms with Gasteiger partial charge in [0.2, 0.25) is 0 Å². The lowest BCUT2D eigenvalue weighted by molar-refractivity contribution is 0.102. The van der Waals surface area contributed by atoms with Crippen molar-refractivity contribution >= 4 is 57.4 Å². The Labute approximate surface area is 145 Å². The Morgan fingerprint density at radius 2 is 1.74 bits per heavy atom. The first kappa shape index (κ1) is 15.9. The van der Waals surface area contributed by atoms with E-state index in [0.29, 0.717) is 31.7 Å². The normalized spacial score (nSPS) is 10.7. The van der Waals surface area contributed by atoms with E-state index in [0.717, 1.165) is 0 Å². The molecule has 1 heterocycles. The van der Waals surface area contributed by atoms with Crippen LogP contribution in [0.3, 0.4) is 0 Å². The maximum atomic E-state index is 12.3. The Morgan fingerprint density at radius 3 is 2.48 bits per heavy atom. The summed E-state index contributed by atoms with van der Waals surface area (Å²) in [6.45, 7) is 0. The standard InChI is InChI=1S/C16H8Cl3NO3/c17-9-1-4-14-8(5-9)6-11(16(22)23-14)15(21)20-10-2-3-12(18)13(19)7-10/h1-7H,(H,20,21). The van der Waals surface area contributed by atoms with Crippen LogP contribution in [0, 0.1) is 0 Å². The van der Waals surface area contributed by atoms with Crippen LogP contribution in [-0.4, -0.2) is 5.91 Å². The van der Waals surface area contributed by atoms with Crippen LogP contribution in [0.25, 0.3) is 11.0 Å². The van der Waals surface area contributed by atoms with Gasteiger partial charge in [0.05, 0.1) is 10.0 Å². The lowest BCUT2D eigenvalue weighted by Crippen LogP contribution is -2.20. The zero-order chi connectivity index (χ0) is 16.6. The summed E-state index contributed by atoms with van der Waals surface area (Å²) in [5.74, 6) is -0.612. The van der Waals surface area contributed by atoms with Crippen molar-refractivity contribution in [2.45, 2.75) is 0 Å². The van der Waals surface area contributed by atoms with Gasteiger partial charge in [-0.05, 0) is 42.5 Å². The SMILES string of the molecule is O=C(Nc1ccc(Cl)c(Cl)c1)c1cc2cc(Cl)ccc2oc1=O. The maximum absolute atomic E-state index is 12.3. The lowest BCUT2D eigenvalue weighted by Gasteiger charge is -2.06. The number of hydrogen-bond acceptors (Lipinski definition) is 3. The highest BCUT2D eigenvalue weighted by Crippen LogP contribution is 2.25. The first-order valence-corrected chi connectivity index (χ1v) is 7.57. The van der Waals surface area contributed by atoms with Gasteiger partial charge in [-0.3, -0.25) is 4.79 Å². The summed E-state index contributed by atoms with van der Waals surface area (Å²) in [6, 6.07) is 10.8. The van der Waals surface area contributed by atoms with Crippen LogP contribution in [0.2, 0.25) is 15.1 Å². The summed E-state index contributed by atoms with van der Waals surface area (Å²) >= 11 is 17.6. The first-order chi connectivity index (χ1) is 10.9. The quantitative estimate of drug-likeness (QED) is 0.647. The average Bonchev–Trinajstić information content (AvgIpc) is 2.50. The van der Waals surface area contributed by atoms with E-state index in [1.54, 1.807) is 30.3 Å². The lowest BCUT2D eigenvalue weighted by atomic mass is 10.1. The Hall–Kier alpha value is -2.01. The van der Waals surface area contributed by atoms with Gasteiger partial charge >= 0.3 is 5.63 Å². The van der Waals surface area contributed by atoms with E-state index in [9.17, 15) is 9.59 Å². The highest BCUT2D eigenvalue weighted by molar-refractivity contribution is 6.42. The van der Waals surface area contributed by atoms with E-state index < -0.39 is 11.5 Å². The number of benzene rings is 2. The predicted octanol–water partition coefficient (Wildman–Crippen LogP) is 5.01. The van der Waals surface area contributed by atoms with E-state index in [1.807, 2.05) is 0 Å². The Kier molecular flexibility index (Phi) is 4.31. The highest BCUT2D eigenvalue weighted by atomic mass is 35.5. The van der Waals surface area contributed by atoms with E-state index in [2.05, 4.69) is 5.32 Å². The van der Waals surface area contributed by atoms with Crippen molar-refractivity contribution in [3.05, 3.63) is 73.5 Å². The summed E-state index contributed by atoms with van der Waals surface area (Å²) in [7, 11) is 0. The summed E-state index contributed by atoms with van der Waals surface area (Å²) < 4.78 is 5.13. The molecular formula is C16H8Cl3NO3. The van der Waals surface area contributed by atoms with Crippen LogP contribution < -0.4 is 10.9 Å². The molecule has 7 heteroatoms. The summed E-state index contributed by atoms with van der Waals surface area (Å²) in [6.07, 6.45) is 0. The van der Waals surface area contributed by atoms with Gasteiger partial charge < -0.3 is 9.73 Å². The smallest absolute Gasteiger partial charge is 0.349 e. The van der Waals surface area contributed by atoms with Gasteiger partial charge in [0.1, 0.15) is 11.1 Å². The largest absolute Gasteiger partial charge is 0.422 e. The van der Waals surface area contributed by atoms with Gasteiger partial charge in [0.15, 0.2) is 0 Å². The van der Waals surface area contributed by atoms with Crippen molar-refractivity contribution in [2.75, 3.05) is 5.32 Å². The molecule has 0 saturated heterocycles. The van der Waals surface area contributed by atoms with Crippen molar-refractivity contribution in [1.29, 1.82) is 0 Å². The van der Waals surface area contributed by atoms with E-state index in [-0.39, 0.29) is 5.56 Å². The van der Waals surface area contributed by atoms with Crippen LogP contribution in [0.1, 0.15) is 10.4 Å². The number of fused-ring (bicyclic) bond motifs is 1. The third kappa shape index (κ3) is 3.34. The molecule has 0 saturated carbocycles. The van der Waals surface area contributed by atoms with Gasteiger partial charge in [-0.1, -0.05) is 34.8 Å². The number of anilines is 1. The fourth-order valence-electron chi connectivity index (χ4n) is 2.02. The average molecular weight is 369 g/mol. The molecule has 0 aliphatic heterocycles. The van der Waals surface area contributed by atoms with E-state index in [4.69, 9.17) is 39.2 Å². The zero-order valence-corrected chi connectivity index (χ0v) is 13.7. The van der Waals surface area contributed by atoms with Crippen molar-refractivity contribution < 1.29 is 9.21 Å². The van der Waals surface area contributed by atoms with Crippen LogP contribution in [0.5, 0.6) is 0 Å². The minimum Gasteiger partial charge on any atom is -0.422 e. The molecule has 0 radical (unpaired) electrons. The van der Waals surface area contributed by atoms with Gasteiger partial charge in [0, 0.05) is 16.1 Å². The summed E-state index contributed by atoms with van der Waals surface area (Å²) in [5, 5.41) is 4.26. The molecule has 3 rings (SSSR count). The van der Waals surface area contributed by atoms with Gasteiger partial charge in [-0.15, -0.1) is 0 Å². The molecule has 2 aromatic carbocycles. The van der Waals surface area contributed by atoms with Crippen molar-refractivity contribution in [3.8, 4) is 0 Å². The second-order valence-corrected chi connectivity index (χ2v) is 5.96. The second-order valence-electron chi connectivity index (χ2n) is 4.71. The zero-order valence-electron chi connectivity index (χ0n) is 11.4. The fraction of sp³-hybridized carbons (Fsp3) is 0. The van der Waals surface area contributed by atoms with E-state index >= 15 is 0 Å². The van der Waals surface area contributed by atoms with E-state index in [1.165, 1.54) is 12.1 Å². The third-order valence-electron chi connectivity index (χ3n) is 3.12. The Bertz CT molecular complexity index is 982. The maximum Gasteiger partial charge on any atom is 0.349 e. The molecule has 1 aromatic heterocycles. The number of halogens is 3. The molecule has 0 atom stereocenters. The van der Waals surface area contributed by atoms with Crippen molar-refractivity contribution in [2.24, 2.45) is 0 Å². The topological polar surface area (TPSA) is 59.3 Å². The number of rotatable bonds is 2. The third-order valence-corrected chi connectivity index (χ3v) is 4.09. The highest BCUT2D eigenvalue weighted by Gasteiger charge is 2.14. The molecule has 1 amide bonds. The summed E-state index contributed by atoms with van der Waals surface area (Å²) in [4.78, 5) is 24.2.